The maximum Gasteiger partial charge on any atom is 0.227 e. The molecule has 0 radical (unpaired) electrons. The first-order valence-corrected chi connectivity index (χ1v) is 8.18. The first-order chi connectivity index (χ1) is 9.86. The molecule has 2 aliphatic heterocycles. The van der Waals surface area contributed by atoms with Crippen LogP contribution in [0.15, 0.2) is 11.6 Å². The standard InChI is InChI=1S/C17H25NO3/c1-15(2,3)18-11-16-6-7-17(20-8-9-21-17)10-12(16)4-5-13(16)14(18)19/h10,13H,4-9,11H2,1-3H3/t13-,16-/m1/s1. The number of hydrogen-bond acceptors (Lipinski definition) is 3. The van der Waals surface area contributed by atoms with E-state index >= 15 is 0 Å². The molecule has 2 heterocycles. The van der Waals surface area contributed by atoms with Crippen LogP contribution in [0, 0.1) is 11.3 Å². The summed E-state index contributed by atoms with van der Waals surface area (Å²) >= 11 is 0. The van der Waals surface area contributed by atoms with E-state index in [1.54, 1.807) is 0 Å². The van der Waals surface area contributed by atoms with Gasteiger partial charge in [-0.3, -0.25) is 4.79 Å². The fourth-order valence-electron chi connectivity index (χ4n) is 4.80. The highest BCUT2D eigenvalue weighted by Gasteiger charge is 2.61. The van der Waals surface area contributed by atoms with Gasteiger partial charge in [-0.05, 0) is 46.1 Å². The van der Waals surface area contributed by atoms with E-state index in [9.17, 15) is 4.79 Å². The molecule has 2 spiro atoms. The van der Waals surface area contributed by atoms with Gasteiger partial charge in [-0.15, -0.1) is 0 Å². The van der Waals surface area contributed by atoms with Crippen LogP contribution in [0.2, 0.25) is 0 Å². The molecule has 2 aliphatic carbocycles. The van der Waals surface area contributed by atoms with Crippen LogP contribution < -0.4 is 0 Å². The van der Waals surface area contributed by atoms with Gasteiger partial charge in [0.15, 0.2) is 5.79 Å². The highest BCUT2D eigenvalue weighted by atomic mass is 16.7. The van der Waals surface area contributed by atoms with Gasteiger partial charge in [-0.25, -0.2) is 0 Å². The van der Waals surface area contributed by atoms with Gasteiger partial charge in [-0.2, -0.15) is 0 Å². The summed E-state index contributed by atoms with van der Waals surface area (Å²) in [6, 6.07) is 0. The van der Waals surface area contributed by atoms with Gasteiger partial charge in [0.2, 0.25) is 5.91 Å². The number of amides is 1. The summed E-state index contributed by atoms with van der Waals surface area (Å²) < 4.78 is 11.7. The average Bonchev–Trinajstić information content (AvgIpc) is 3.05. The molecule has 4 nitrogen and oxygen atoms in total. The predicted octanol–water partition coefficient (Wildman–Crippen LogP) is 2.49. The van der Waals surface area contributed by atoms with Crippen molar-refractivity contribution in [1.82, 2.24) is 4.90 Å². The predicted molar refractivity (Wildman–Crippen MR) is 78.6 cm³/mol. The number of hydrogen-bond donors (Lipinski definition) is 0. The molecule has 0 unspecified atom stereocenters. The zero-order valence-corrected chi connectivity index (χ0v) is 13.3. The van der Waals surface area contributed by atoms with Crippen molar-refractivity contribution in [1.29, 1.82) is 0 Å². The average molecular weight is 291 g/mol. The normalized spacial score (nSPS) is 37.9. The first-order valence-electron chi connectivity index (χ1n) is 8.18. The molecule has 1 amide bonds. The van der Waals surface area contributed by atoms with Crippen molar-refractivity contribution in [2.45, 2.75) is 57.8 Å². The Balaban J connectivity index is 1.71. The summed E-state index contributed by atoms with van der Waals surface area (Å²) in [5, 5.41) is 0. The quantitative estimate of drug-likeness (QED) is 0.644. The number of carbonyl (C=O) groups excluding carboxylic acids is 1. The maximum atomic E-state index is 12.8. The highest BCUT2D eigenvalue weighted by molar-refractivity contribution is 5.85. The lowest BCUT2D eigenvalue weighted by Crippen LogP contribution is -2.45. The molecule has 0 aromatic rings. The molecule has 1 saturated carbocycles. The van der Waals surface area contributed by atoms with E-state index in [4.69, 9.17) is 9.47 Å². The topological polar surface area (TPSA) is 38.8 Å². The fourth-order valence-corrected chi connectivity index (χ4v) is 4.80. The van der Waals surface area contributed by atoms with Crippen LogP contribution in [0.1, 0.15) is 46.5 Å². The Morgan fingerprint density at radius 1 is 1.24 bits per heavy atom. The van der Waals surface area contributed by atoms with Crippen molar-refractivity contribution in [3.8, 4) is 0 Å². The third-order valence-corrected chi connectivity index (χ3v) is 5.91. The molecular weight excluding hydrogens is 266 g/mol. The molecule has 0 N–H and O–H groups in total. The SMILES string of the molecule is CC(C)(C)N1C[C@]23CCC4(C=C2CC[C@@H]3C1=O)OCCO4. The van der Waals surface area contributed by atoms with E-state index in [1.165, 1.54) is 5.57 Å². The molecule has 3 fully saturated rings. The van der Waals surface area contributed by atoms with E-state index in [-0.39, 0.29) is 16.9 Å². The van der Waals surface area contributed by atoms with Crippen molar-refractivity contribution in [3.63, 3.8) is 0 Å². The van der Waals surface area contributed by atoms with Crippen LogP contribution in [0.4, 0.5) is 0 Å². The van der Waals surface area contributed by atoms with Crippen LogP contribution in [0.25, 0.3) is 0 Å². The Labute approximate surface area is 126 Å². The highest BCUT2D eigenvalue weighted by Crippen LogP contribution is 2.60. The zero-order chi connectivity index (χ0) is 14.9. The summed E-state index contributed by atoms with van der Waals surface area (Å²) in [7, 11) is 0. The second kappa shape index (κ2) is 4.11. The lowest BCUT2D eigenvalue weighted by atomic mass is 9.69. The molecule has 4 rings (SSSR count). The van der Waals surface area contributed by atoms with Crippen molar-refractivity contribution in [3.05, 3.63) is 11.6 Å². The molecule has 4 heteroatoms. The van der Waals surface area contributed by atoms with Crippen molar-refractivity contribution in [2.75, 3.05) is 19.8 Å². The van der Waals surface area contributed by atoms with Crippen LogP contribution in [0.3, 0.4) is 0 Å². The smallest absolute Gasteiger partial charge is 0.227 e. The summed E-state index contributed by atoms with van der Waals surface area (Å²) in [4.78, 5) is 14.9. The number of ether oxygens (including phenoxy) is 2. The Morgan fingerprint density at radius 3 is 2.62 bits per heavy atom. The molecule has 21 heavy (non-hydrogen) atoms. The number of likely N-dealkylation sites (tertiary alicyclic amines) is 1. The van der Waals surface area contributed by atoms with E-state index in [2.05, 4.69) is 31.7 Å². The largest absolute Gasteiger partial charge is 0.344 e. The minimum Gasteiger partial charge on any atom is -0.344 e. The lowest BCUT2D eigenvalue weighted by molar-refractivity contribution is -0.137. The maximum absolute atomic E-state index is 12.8. The molecule has 116 valence electrons. The third kappa shape index (κ3) is 1.78. The van der Waals surface area contributed by atoms with Crippen LogP contribution >= 0.6 is 0 Å². The van der Waals surface area contributed by atoms with Crippen molar-refractivity contribution >= 4 is 5.91 Å². The molecule has 2 atom stereocenters. The fraction of sp³-hybridized carbons (Fsp3) is 0.824. The summed E-state index contributed by atoms with van der Waals surface area (Å²) in [5.74, 6) is 0.0602. The van der Waals surface area contributed by atoms with Crippen LogP contribution in [-0.2, 0) is 14.3 Å². The summed E-state index contributed by atoms with van der Waals surface area (Å²) in [6.45, 7) is 8.67. The van der Waals surface area contributed by atoms with E-state index in [0.717, 1.165) is 32.2 Å². The second-order valence-electron chi connectivity index (χ2n) is 8.02. The van der Waals surface area contributed by atoms with Crippen molar-refractivity contribution in [2.24, 2.45) is 11.3 Å². The lowest BCUT2D eigenvalue weighted by Gasteiger charge is -2.41. The van der Waals surface area contributed by atoms with Gasteiger partial charge in [0, 0.05) is 29.8 Å². The van der Waals surface area contributed by atoms with Gasteiger partial charge in [0.25, 0.3) is 0 Å². The summed E-state index contributed by atoms with van der Waals surface area (Å²) in [6.07, 6.45) is 6.15. The van der Waals surface area contributed by atoms with Crippen LogP contribution in [-0.4, -0.2) is 41.9 Å². The van der Waals surface area contributed by atoms with Gasteiger partial charge >= 0.3 is 0 Å². The third-order valence-electron chi connectivity index (χ3n) is 5.91. The zero-order valence-electron chi connectivity index (χ0n) is 13.3. The van der Waals surface area contributed by atoms with Crippen molar-refractivity contribution < 1.29 is 14.3 Å². The Hall–Kier alpha value is -0.870. The van der Waals surface area contributed by atoms with Gasteiger partial charge in [-0.1, -0.05) is 5.57 Å². The van der Waals surface area contributed by atoms with Gasteiger partial charge in [0.1, 0.15) is 0 Å². The molecule has 0 aromatic carbocycles. The van der Waals surface area contributed by atoms with E-state index in [0.29, 0.717) is 19.1 Å². The molecule has 4 aliphatic rings. The minimum atomic E-state index is -0.478. The number of carbonyl (C=O) groups is 1. The van der Waals surface area contributed by atoms with Gasteiger partial charge < -0.3 is 14.4 Å². The second-order valence-corrected chi connectivity index (χ2v) is 8.02. The Kier molecular flexibility index (Phi) is 2.69. The molecule has 0 bridgehead atoms. The van der Waals surface area contributed by atoms with E-state index < -0.39 is 5.79 Å². The number of rotatable bonds is 0. The molecule has 0 aromatic heterocycles. The van der Waals surface area contributed by atoms with E-state index in [1.807, 2.05) is 0 Å². The van der Waals surface area contributed by atoms with Gasteiger partial charge in [0.05, 0.1) is 13.2 Å². The Bertz CT molecular complexity index is 513. The number of nitrogens with zero attached hydrogens (tertiary/aromatic N) is 1. The van der Waals surface area contributed by atoms with Crippen LogP contribution in [0.5, 0.6) is 0 Å². The summed E-state index contributed by atoms with van der Waals surface area (Å²) in [5.41, 5.74) is 1.39. The Morgan fingerprint density at radius 2 is 1.95 bits per heavy atom. The first kappa shape index (κ1) is 13.8. The minimum absolute atomic E-state index is 0.0604. The molecular formula is C17H25NO3. The molecule has 2 saturated heterocycles. The monoisotopic (exact) mass is 291 g/mol.